The van der Waals surface area contributed by atoms with E-state index in [1.165, 1.54) is 18.9 Å². The minimum atomic E-state index is -0.335. The van der Waals surface area contributed by atoms with E-state index in [2.05, 4.69) is 5.32 Å². The van der Waals surface area contributed by atoms with Crippen LogP contribution in [0.4, 0.5) is 11.4 Å². The Bertz CT molecular complexity index is 1420. The Labute approximate surface area is 231 Å². The average molecular weight is 549 g/mol. The Kier molecular flexibility index (Phi) is 8.70. The number of methoxy groups -OCH3 is 1. The molecule has 0 unspecified atom stereocenters. The molecule has 4 rings (SSSR count). The first kappa shape index (κ1) is 27.2. The molecule has 1 aliphatic heterocycles. The normalized spacial score (nSPS) is 14.1. The monoisotopic (exact) mass is 548 g/mol. The summed E-state index contributed by atoms with van der Waals surface area (Å²) in [5, 5.41) is 2.80. The molecule has 0 bridgehead atoms. The molecule has 0 atom stereocenters. The maximum Gasteiger partial charge on any atom is 0.270 e. The molecule has 0 aliphatic carbocycles. The lowest BCUT2D eigenvalue weighted by Crippen LogP contribution is -2.27. The number of thioether (sulfide) groups is 1. The van der Waals surface area contributed by atoms with Gasteiger partial charge in [0.05, 0.1) is 30.0 Å². The lowest BCUT2D eigenvalue weighted by molar-refractivity contribution is -0.118. The van der Waals surface area contributed by atoms with Gasteiger partial charge >= 0.3 is 0 Å². The topological polar surface area (TPSA) is 77.1 Å². The highest BCUT2D eigenvalue weighted by Gasteiger charge is 2.33. The fourth-order valence-electron chi connectivity index (χ4n) is 3.78. The highest BCUT2D eigenvalue weighted by molar-refractivity contribution is 8.27. The van der Waals surface area contributed by atoms with Crippen molar-refractivity contribution in [2.24, 2.45) is 0 Å². The number of nitrogens with one attached hydrogen (secondary N) is 1. The zero-order valence-electron chi connectivity index (χ0n) is 21.6. The van der Waals surface area contributed by atoms with E-state index in [-0.39, 0.29) is 18.4 Å². The van der Waals surface area contributed by atoms with Crippen LogP contribution in [0.1, 0.15) is 23.6 Å². The number of carbonyl (C=O) groups excluding carboxylic acids is 2. The van der Waals surface area contributed by atoms with Crippen molar-refractivity contribution < 1.29 is 23.8 Å². The van der Waals surface area contributed by atoms with Crippen molar-refractivity contribution >= 4 is 57.6 Å². The molecule has 1 fully saturated rings. The third-order valence-electron chi connectivity index (χ3n) is 5.85. The van der Waals surface area contributed by atoms with Gasteiger partial charge in [0.1, 0.15) is 5.75 Å². The molecule has 1 N–H and O–H groups in total. The molecule has 1 aliphatic rings. The van der Waals surface area contributed by atoms with Crippen LogP contribution in [0.15, 0.2) is 65.6 Å². The van der Waals surface area contributed by atoms with E-state index in [4.69, 9.17) is 26.4 Å². The van der Waals surface area contributed by atoms with Gasteiger partial charge in [0.15, 0.2) is 22.4 Å². The molecule has 3 aromatic carbocycles. The number of benzene rings is 3. The fourth-order valence-corrected chi connectivity index (χ4v) is 5.08. The predicted octanol–water partition coefficient (Wildman–Crippen LogP) is 6.13. The lowest BCUT2D eigenvalue weighted by Gasteiger charge is -2.16. The van der Waals surface area contributed by atoms with Crippen LogP contribution < -0.4 is 24.4 Å². The van der Waals surface area contributed by atoms with Gasteiger partial charge in [0.25, 0.3) is 11.8 Å². The van der Waals surface area contributed by atoms with Crippen LogP contribution in [0.2, 0.25) is 0 Å². The second kappa shape index (κ2) is 12.1. The first-order valence-electron chi connectivity index (χ1n) is 12.0. The standard InChI is InChI=1S/C29H28N2O5S2/c1-5-35-23-9-7-6-8-22(23)30-27(32)17-36-24-13-11-20(15-25(24)34-4)16-26-28(33)31(29(37)38-26)21-12-10-18(2)19(3)14-21/h6-16H,5,17H2,1-4H3,(H,30,32)/b26-16+. The summed E-state index contributed by atoms with van der Waals surface area (Å²) < 4.78 is 17.2. The minimum Gasteiger partial charge on any atom is -0.493 e. The van der Waals surface area contributed by atoms with E-state index in [0.29, 0.717) is 38.8 Å². The smallest absolute Gasteiger partial charge is 0.270 e. The zero-order chi connectivity index (χ0) is 27.2. The van der Waals surface area contributed by atoms with E-state index < -0.39 is 0 Å². The van der Waals surface area contributed by atoms with Crippen molar-refractivity contribution in [3.63, 3.8) is 0 Å². The molecule has 0 spiro atoms. The Balaban J connectivity index is 1.45. The van der Waals surface area contributed by atoms with Crippen LogP contribution in [0.25, 0.3) is 6.08 Å². The van der Waals surface area contributed by atoms with Crippen molar-refractivity contribution in [2.45, 2.75) is 20.8 Å². The first-order chi connectivity index (χ1) is 18.3. The van der Waals surface area contributed by atoms with Gasteiger partial charge in [-0.25, -0.2) is 0 Å². The summed E-state index contributed by atoms with van der Waals surface area (Å²) in [7, 11) is 1.52. The fraction of sp³-hybridized carbons (Fsp3) is 0.207. The van der Waals surface area contributed by atoms with Gasteiger partial charge in [-0.05, 0) is 79.9 Å². The molecule has 196 valence electrons. The Hall–Kier alpha value is -3.82. The molecule has 0 radical (unpaired) electrons. The van der Waals surface area contributed by atoms with E-state index in [1.807, 2.05) is 51.1 Å². The molecule has 3 aromatic rings. The van der Waals surface area contributed by atoms with Crippen molar-refractivity contribution in [2.75, 3.05) is 30.5 Å². The highest BCUT2D eigenvalue weighted by atomic mass is 32.2. The van der Waals surface area contributed by atoms with Crippen molar-refractivity contribution in [1.29, 1.82) is 0 Å². The van der Waals surface area contributed by atoms with Crippen LogP contribution in [0, 0.1) is 13.8 Å². The number of ether oxygens (including phenoxy) is 3. The van der Waals surface area contributed by atoms with Gasteiger partial charge in [-0.2, -0.15) is 0 Å². The molecule has 9 heteroatoms. The maximum absolute atomic E-state index is 13.2. The Morgan fingerprint density at radius 1 is 1.00 bits per heavy atom. The summed E-state index contributed by atoms with van der Waals surface area (Å²) in [6, 6.07) is 18.3. The summed E-state index contributed by atoms with van der Waals surface area (Å²) in [4.78, 5) is 27.7. The summed E-state index contributed by atoms with van der Waals surface area (Å²) in [6.07, 6.45) is 1.77. The number of para-hydroxylation sites is 2. The van der Waals surface area contributed by atoms with Crippen molar-refractivity contribution in [3.8, 4) is 17.2 Å². The summed E-state index contributed by atoms with van der Waals surface area (Å²) in [6.45, 7) is 6.18. The minimum absolute atomic E-state index is 0.174. The number of nitrogens with zero attached hydrogens (tertiary/aromatic N) is 1. The average Bonchev–Trinajstić information content (AvgIpc) is 3.18. The first-order valence-corrected chi connectivity index (χ1v) is 13.2. The van der Waals surface area contributed by atoms with Gasteiger partial charge in [-0.15, -0.1) is 0 Å². The second-order valence-electron chi connectivity index (χ2n) is 8.46. The largest absolute Gasteiger partial charge is 0.493 e. The molecule has 7 nitrogen and oxygen atoms in total. The number of hydrogen-bond acceptors (Lipinski definition) is 7. The van der Waals surface area contributed by atoms with Gasteiger partial charge in [-0.3, -0.25) is 14.5 Å². The Morgan fingerprint density at radius 2 is 1.79 bits per heavy atom. The predicted molar refractivity (Wildman–Crippen MR) is 156 cm³/mol. The highest BCUT2D eigenvalue weighted by Crippen LogP contribution is 2.37. The van der Waals surface area contributed by atoms with E-state index >= 15 is 0 Å². The van der Waals surface area contributed by atoms with Crippen LogP contribution in [0.5, 0.6) is 17.2 Å². The van der Waals surface area contributed by atoms with Gasteiger partial charge in [0, 0.05) is 0 Å². The molecule has 0 aromatic heterocycles. The summed E-state index contributed by atoms with van der Waals surface area (Å²) >= 11 is 6.76. The summed E-state index contributed by atoms with van der Waals surface area (Å²) in [5.74, 6) is 0.921. The number of carbonyl (C=O) groups is 2. The SMILES string of the molecule is CCOc1ccccc1NC(=O)COc1ccc(/C=C2/SC(=S)N(c3ccc(C)c(C)c3)C2=O)cc1OC. The molecule has 1 saturated heterocycles. The van der Waals surface area contributed by atoms with Crippen molar-refractivity contribution in [1.82, 2.24) is 0 Å². The van der Waals surface area contributed by atoms with Crippen molar-refractivity contribution in [3.05, 3.63) is 82.3 Å². The van der Waals surface area contributed by atoms with E-state index in [0.717, 1.165) is 22.4 Å². The van der Waals surface area contributed by atoms with Crippen LogP contribution in [0.3, 0.4) is 0 Å². The van der Waals surface area contributed by atoms with E-state index in [9.17, 15) is 9.59 Å². The number of aryl methyl sites for hydroxylation is 2. The molecule has 2 amide bonds. The van der Waals surface area contributed by atoms with E-state index in [1.54, 1.807) is 41.3 Å². The second-order valence-corrected chi connectivity index (χ2v) is 10.1. The van der Waals surface area contributed by atoms with Crippen LogP contribution in [-0.2, 0) is 9.59 Å². The quantitative estimate of drug-likeness (QED) is 0.254. The van der Waals surface area contributed by atoms with Gasteiger partial charge < -0.3 is 19.5 Å². The molecule has 38 heavy (non-hydrogen) atoms. The molecule has 0 saturated carbocycles. The third-order valence-corrected chi connectivity index (χ3v) is 7.15. The Morgan fingerprint density at radius 3 is 2.53 bits per heavy atom. The zero-order valence-corrected chi connectivity index (χ0v) is 23.2. The lowest BCUT2D eigenvalue weighted by atomic mass is 10.1. The van der Waals surface area contributed by atoms with Crippen LogP contribution in [-0.4, -0.2) is 36.5 Å². The molecular weight excluding hydrogens is 520 g/mol. The third kappa shape index (κ3) is 6.17. The number of anilines is 2. The van der Waals surface area contributed by atoms with Crippen LogP contribution >= 0.6 is 24.0 Å². The molecular formula is C29H28N2O5S2. The maximum atomic E-state index is 13.2. The van der Waals surface area contributed by atoms with Gasteiger partial charge in [-0.1, -0.05) is 48.2 Å². The number of rotatable bonds is 9. The number of thiocarbonyl (C=S) groups is 1. The molecule has 1 heterocycles. The number of amides is 2. The van der Waals surface area contributed by atoms with Gasteiger partial charge in [0.2, 0.25) is 0 Å². The number of hydrogen-bond donors (Lipinski definition) is 1. The summed E-state index contributed by atoms with van der Waals surface area (Å²) in [5.41, 5.74) is 4.31.